The fourth-order valence-corrected chi connectivity index (χ4v) is 4.27. The summed E-state index contributed by atoms with van der Waals surface area (Å²) in [4.78, 5) is 30.9. The van der Waals surface area contributed by atoms with E-state index in [1.54, 1.807) is 0 Å². The first-order chi connectivity index (χ1) is 12.8. The number of hydrogen-bond donors (Lipinski definition) is 1. The first kappa shape index (κ1) is 25.4. The molecule has 0 aromatic heterocycles. The number of hydrogen-bond acceptors (Lipinski definition) is 6. The average Bonchev–Trinajstić information content (AvgIpc) is 2.59. The summed E-state index contributed by atoms with van der Waals surface area (Å²) in [6, 6.07) is 0. The number of carboxylic acid groups (broad SMARTS) is 1. The van der Waals surface area contributed by atoms with Gasteiger partial charge in [-0.05, 0) is 6.42 Å². The minimum absolute atomic E-state index is 0.0411. The largest absolute Gasteiger partial charge is 0.481 e. The highest BCUT2D eigenvalue weighted by atomic mass is 32.2. The molecule has 0 aromatic rings. The van der Waals surface area contributed by atoms with Gasteiger partial charge in [0.15, 0.2) is 10.8 Å². The van der Waals surface area contributed by atoms with E-state index in [9.17, 15) is 29.2 Å². The number of carboxylic acids is 1. The topological polar surface area (TPSA) is 141 Å². The van der Waals surface area contributed by atoms with Crippen molar-refractivity contribution in [2.45, 2.75) is 101 Å². The van der Waals surface area contributed by atoms with Crippen LogP contribution in [0.4, 0.5) is 0 Å². The van der Waals surface area contributed by atoms with Gasteiger partial charge in [-0.3, -0.25) is 25.0 Å². The van der Waals surface area contributed by atoms with Crippen LogP contribution in [0.5, 0.6) is 0 Å². The monoisotopic (exact) mass is 408 g/mol. The van der Waals surface area contributed by atoms with Crippen LogP contribution in [0.2, 0.25) is 0 Å². The van der Waals surface area contributed by atoms with Crippen LogP contribution in [-0.2, 0) is 15.6 Å². The molecular formula is C17H32N2O7S. The first-order valence-corrected chi connectivity index (χ1v) is 11.0. The second-order valence-corrected chi connectivity index (χ2v) is 8.48. The molecule has 3 atom stereocenters. The highest BCUT2D eigenvalue weighted by molar-refractivity contribution is 7.85. The van der Waals surface area contributed by atoms with Crippen molar-refractivity contribution in [2.75, 3.05) is 0 Å². The Labute approximate surface area is 162 Å². The molecule has 0 aliphatic rings. The summed E-state index contributed by atoms with van der Waals surface area (Å²) >= 11 is 0. The predicted octanol–water partition coefficient (Wildman–Crippen LogP) is 4.12. The van der Waals surface area contributed by atoms with Gasteiger partial charge in [0.2, 0.25) is 0 Å². The van der Waals surface area contributed by atoms with Crippen LogP contribution in [0.25, 0.3) is 0 Å². The van der Waals surface area contributed by atoms with E-state index < -0.39 is 43.8 Å². The molecule has 0 aliphatic carbocycles. The zero-order chi connectivity index (χ0) is 20.7. The normalized spacial score (nSPS) is 14.4. The molecular weight excluding hydrogens is 376 g/mol. The first-order valence-electron chi connectivity index (χ1n) is 9.69. The summed E-state index contributed by atoms with van der Waals surface area (Å²) in [5, 5.41) is 27.1. The van der Waals surface area contributed by atoms with E-state index in [4.69, 9.17) is 5.11 Å². The van der Waals surface area contributed by atoms with E-state index in [1.165, 1.54) is 38.5 Å². The van der Waals surface area contributed by atoms with E-state index in [2.05, 4.69) is 6.92 Å². The highest BCUT2D eigenvalue weighted by Gasteiger charge is 2.41. The Bertz CT molecular complexity index is 488. The van der Waals surface area contributed by atoms with Crippen molar-refractivity contribution in [3.8, 4) is 0 Å². The minimum atomic E-state index is -2.47. The van der Waals surface area contributed by atoms with E-state index >= 15 is 0 Å². The van der Waals surface area contributed by atoms with Gasteiger partial charge < -0.3 is 5.11 Å². The van der Waals surface area contributed by atoms with Crippen molar-refractivity contribution >= 4 is 16.8 Å². The summed E-state index contributed by atoms with van der Waals surface area (Å²) in [5.74, 6) is -1.50. The molecule has 0 saturated heterocycles. The molecule has 0 saturated carbocycles. The zero-order valence-electron chi connectivity index (χ0n) is 16.0. The lowest BCUT2D eigenvalue weighted by Crippen LogP contribution is -2.38. The Hall–Kier alpha value is -1.58. The number of nitrogens with zero attached hydrogens (tertiary/aromatic N) is 2. The van der Waals surface area contributed by atoms with Crippen molar-refractivity contribution in [1.29, 1.82) is 0 Å². The number of unbranched alkanes of at least 4 members (excludes halogenated alkanes) is 10. The van der Waals surface area contributed by atoms with Gasteiger partial charge in [0.25, 0.3) is 5.37 Å². The quantitative estimate of drug-likeness (QED) is 0.204. The molecule has 0 fully saturated rings. The SMILES string of the molecule is CCCCCCCCCCCCCC([N+](=O)[O-])S(=O)C(CC(=O)O)[N+](=O)[O-]. The van der Waals surface area contributed by atoms with E-state index in [-0.39, 0.29) is 6.42 Å². The smallest absolute Gasteiger partial charge is 0.311 e. The fraction of sp³-hybridized carbons (Fsp3) is 0.941. The summed E-state index contributed by atoms with van der Waals surface area (Å²) in [7, 11) is -2.47. The van der Waals surface area contributed by atoms with Crippen LogP contribution < -0.4 is 0 Å². The Kier molecular flexibility index (Phi) is 14.6. The summed E-state index contributed by atoms with van der Waals surface area (Å²) in [6.45, 7) is 2.18. The van der Waals surface area contributed by atoms with Crippen LogP contribution >= 0.6 is 0 Å². The molecule has 1 N–H and O–H groups in total. The Balaban J connectivity index is 4.12. The van der Waals surface area contributed by atoms with Crippen molar-refractivity contribution in [3.63, 3.8) is 0 Å². The fourth-order valence-electron chi connectivity index (χ4n) is 2.86. The lowest BCUT2D eigenvalue weighted by atomic mass is 10.1. The van der Waals surface area contributed by atoms with Gasteiger partial charge in [-0.15, -0.1) is 0 Å². The molecule has 0 aliphatic heterocycles. The third-order valence-electron chi connectivity index (χ3n) is 4.41. The van der Waals surface area contributed by atoms with E-state index in [0.29, 0.717) is 6.42 Å². The Morgan fingerprint density at radius 2 is 1.26 bits per heavy atom. The maximum atomic E-state index is 12.1. The minimum Gasteiger partial charge on any atom is -0.481 e. The van der Waals surface area contributed by atoms with Crippen LogP contribution in [0.15, 0.2) is 0 Å². The Morgan fingerprint density at radius 3 is 1.63 bits per heavy atom. The maximum Gasteiger partial charge on any atom is 0.311 e. The summed E-state index contributed by atoms with van der Waals surface area (Å²) in [6.07, 6.45) is 10.7. The molecule has 10 heteroatoms. The van der Waals surface area contributed by atoms with Gasteiger partial charge in [-0.2, -0.15) is 0 Å². The molecule has 27 heavy (non-hydrogen) atoms. The number of nitro groups is 2. The van der Waals surface area contributed by atoms with Gasteiger partial charge in [0.1, 0.15) is 6.42 Å². The van der Waals surface area contributed by atoms with Crippen LogP contribution in [0, 0.1) is 20.2 Å². The maximum absolute atomic E-state index is 12.1. The van der Waals surface area contributed by atoms with Gasteiger partial charge in [-0.1, -0.05) is 71.1 Å². The van der Waals surface area contributed by atoms with E-state index in [0.717, 1.165) is 25.7 Å². The molecule has 0 heterocycles. The molecule has 0 spiro atoms. The molecule has 3 unspecified atom stereocenters. The summed E-state index contributed by atoms with van der Waals surface area (Å²) < 4.78 is 12.1. The number of carbonyl (C=O) groups is 1. The van der Waals surface area contributed by atoms with Crippen molar-refractivity contribution in [2.24, 2.45) is 0 Å². The highest BCUT2D eigenvalue weighted by Crippen LogP contribution is 2.18. The number of rotatable bonds is 18. The molecule has 158 valence electrons. The van der Waals surface area contributed by atoms with Crippen LogP contribution in [0.3, 0.4) is 0 Å². The van der Waals surface area contributed by atoms with Crippen molar-refractivity contribution < 1.29 is 24.0 Å². The molecule has 0 amide bonds. The van der Waals surface area contributed by atoms with Crippen molar-refractivity contribution in [1.82, 2.24) is 0 Å². The molecule has 0 bridgehead atoms. The van der Waals surface area contributed by atoms with Gasteiger partial charge >= 0.3 is 11.3 Å². The third kappa shape index (κ3) is 12.4. The lowest BCUT2D eigenvalue weighted by Gasteiger charge is -2.12. The molecule has 0 aromatic carbocycles. The van der Waals surface area contributed by atoms with Gasteiger partial charge in [0, 0.05) is 16.3 Å². The molecule has 0 rings (SSSR count). The average molecular weight is 409 g/mol. The molecule has 0 radical (unpaired) electrons. The van der Waals surface area contributed by atoms with E-state index in [1.807, 2.05) is 0 Å². The predicted molar refractivity (Wildman–Crippen MR) is 103 cm³/mol. The standard InChI is InChI=1S/C17H32N2O7S/c1-2-3-4-5-6-7-8-9-10-11-12-13-15(18(22)23)27(26)16(19(24)25)14-17(20)21/h15-16H,2-14H2,1H3,(H,20,21). The van der Waals surface area contributed by atoms with Crippen molar-refractivity contribution in [3.05, 3.63) is 20.2 Å². The molecule has 9 nitrogen and oxygen atoms in total. The summed E-state index contributed by atoms with van der Waals surface area (Å²) in [5.41, 5.74) is 0. The number of aliphatic carboxylic acids is 1. The van der Waals surface area contributed by atoms with Crippen LogP contribution in [0.1, 0.15) is 90.4 Å². The zero-order valence-corrected chi connectivity index (χ0v) is 16.9. The van der Waals surface area contributed by atoms with Gasteiger partial charge in [0.05, 0.1) is 0 Å². The second kappa shape index (κ2) is 15.5. The second-order valence-electron chi connectivity index (χ2n) is 6.73. The Morgan fingerprint density at radius 1 is 0.852 bits per heavy atom. The third-order valence-corrected chi connectivity index (χ3v) is 6.23. The van der Waals surface area contributed by atoms with Gasteiger partial charge in [-0.25, -0.2) is 4.21 Å². The van der Waals surface area contributed by atoms with Crippen LogP contribution in [-0.4, -0.2) is 35.9 Å². The lowest BCUT2D eigenvalue weighted by molar-refractivity contribution is -0.510.